The number of sulfone groups is 2. The molecule has 0 heterocycles. The summed E-state index contributed by atoms with van der Waals surface area (Å²) in [6, 6.07) is 12.1. The number of nitrogens with zero attached hydrogens (tertiary/aromatic N) is 1. The molecule has 0 N–H and O–H groups in total. The molecule has 0 radical (unpaired) electrons. The second kappa shape index (κ2) is 9.12. The summed E-state index contributed by atoms with van der Waals surface area (Å²) in [5.41, 5.74) is -0.247. The van der Waals surface area contributed by atoms with E-state index in [1.54, 1.807) is 18.2 Å². The molecular formula is C19H19NO7S2. The summed E-state index contributed by atoms with van der Waals surface area (Å²) in [7, 11) is -6.51. The Morgan fingerprint density at radius 2 is 1.59 bits per heavy atom. The Hall–Kier alpha value is -2.82. The Morgan fingerprint density at radius 3 is 2.10 bits per heavy atom. The minimum Gasteiger partial charge on any atom is -0.376 e. The van der Waals surface area contributed by atoms with Gasteiger partial charge in [-0.2, -0.15) is 0 Å². The van der Waals surface area contributed by atoms with Crippen LogP contribution in [0, 0.1) is 10.1 Å². The number of benzene rings is 2. The van der Waals surface area contributed by atoms with E-state index < -0.39 is 30.7 Å². The lowest BCUT2D eigenvalue weighted by atomic mass is 10.3. The van der Waals surface area contributed by atoms with Gasteiger partial charge in [-0.15, -0.1) is 0 Å². The molecule has 0 spiro atoms. The number of methoxy groups -OCH3 is 1. The molecule has 29 heavy (non-hydrogen) atoms. The summed E-state index contributed by atoms with van der Waals surface area (Å²) in [6.45, 7) is 1.49. The van der Waals surface area contributed by atoms with E-state index >= 15 is 0 Å². The summed E-state index contributed by atoms with van der Waals surface area (Å²) in [5.74, 6) is 0. The molecule has 0 bridgehead atoms. The predicted octanol–water partition coefficient (Wildman–Crippen LogP) is 3.27. The number of hydrogen-bond donors (Lipinski definition) is 0. The molecular weight excluding hydrogens is 418 g/mol. The summed E-state index contributed by atoms with van der Waals surface area (Å²) in [6.07, 6.45) is 1.39. The van der Waals surface area contributed by atoms with Crippen LogP contribution < -0.4 is 0 Å². The van der Waals surface area contributed by atoms with Gasteiger partial charge in [-0.25, -0.2) is 16.8 Å². The number of nitro groups is 1. The highest BCUT2D eigenvalue weighted by Crippen LogP contribution is 2.25. The molecule has 2 rings (SSSR count). The van der Waals surface area contributed by atoms with Crippen LogP contribution in [0.4, 0.5) is 5.69 Å². The van der Waals surface area contributed by atoms with Crippen LogP contribution >= 0.6 is 0 Å². The van der Waals surface area contributed by atoms with Gasteiger partial charge in [0.25, 0.3) is 5.69 Å². The Morgan fingerprint density at radius 1 is 1.00 bits per heavy atom. The lowest BCUT2D eigenvalue weighted by Crippen LogP contribution is -2.18. The summed E-state index contributed by atoms with van der Waals surface area (Å²) in [4.78, 5) is 9.84. The fourth-order valence-electron chi connectivity index (χ4n) is 2.37. The number of hydrogen-bond acceptors (Lipinski definition) is 7. The number of non-ortho nitro benzene ring substituents is 1. The highest BCUT2D eigenvalue weighted by Gasteiger charge is 2.26. The zero-order chi connectivity index (χ0) is 21.7. The van der Waals surface area contributed by atoms with Crippen LogP contribution in [-0.4, -0.2) is 35.0 Å². The minimum absolute atomic E-state index is 0.0733. The van der Waals surface area contributed by atoms with E-state index in [1.165, 1.54) is 26.2 Å². The van der Waals surface area contributed by atoms with Crippen molar-refractivity contribution in [1.82, 2.24) is 0 Å². The minimum atomic E-state index is -4.07. The number of rotatable bonds is 8. The Labute approximate surface area is 169 Å². The van der Waals surface area contributed by atoms with E-state index in [0.717, 1.165) is 41.8 Å². The SMILES string of the molecule is CO[C@H](C)/C(=C/C=C/S(=O)(=O)c1ccccc1)S(=O)(=O)c1ccc([N+](=O)[O-])cc1. The maximum atomic E-state index is 12.9. The molecule has 0 aliphatic heterocycles. The average molecular weight is 437 g/mol. The molecule has 0 aliphatic carbocycles. The molecule has 0 aliphatic rings. The predicted molar refractivity (Wildman–Crippen MR) is 108 cm³/mol. The van der Waals surface area contributed by atoms with Crippen molar-refractivity contribution in [1.29, 1.82) is 0 Å². The van der Waals surface area contributed by atoms with Crippen LogP contribution in [0.25, 0.3) is 0 Å². The molecule has 0 fully saturated rings. The van der Waals surface area contributed by atoms with Gasteiger partial charge in [0, 0.05) is 24.7 Å². The van der Waals surface area contributed by atoms with Crippen LogP contribution in [-0.2, 0) is 24.4 Å². The topological polar surface area (TPSA) is 121 Å². The third kappa shape index (κ3) is 5.37. The van der Waals surface area contributed by atoms with Crippen molar-refractivity contribution < 1.29 is 26.5 Å². The van der Waals surface area contributed by atoms with Crippen LogP contribution in [0.2, 0.25) is 0 Å². The maximum Gasteiger partial charge on any atom is 0.269 e. The summed E-state index contributed by atoms with van der Waals surface area (Å²) in [5, 5.41) is 11.7. The smallest absolute Gasteiger partial charge is 0.269 e. The van der Waals surface area contributed by atoms with Gasteiger partial charge < -0.3 is 4.74 Å². The first-order valence-corrected chi connectivity index (χ1v) is 11.3. The van der Waals surface area contributed by atoms with E-state index in [1.807, 2.05) is 0 Å². The van der Waals surface area contributed by atoms with Gasteiger partial charge in [-0.1, -0.05) is 18.2 Å². The Balaban J connectivity index is 2.44. The van der Waals surface area contributed by atoms with E-state index in [2.05, 4.69) is 0 Å². The quantitative estimate of drug-likeness (QED) is 0.353. The number of ether oxygens (including phenoxy) is 1. The van der Waals surface area contributed by atoms with Crippen molar-refractivity contribution in [2.24, 2.45) is 0 Å². The van der Waals surface area contributed by atoms with Crippen LogP contribution in [0.1, 0.15) is 6.92 Å². The largest absolute Gasteiger partial charge is 0.376 e. The highest BCUT2D eigenvalue weighted by atomic mass is 32.2. The standard InChI is InChI=1S/C19H19NO7S2/c1-15(27-2)19(9-6-14-28(23,24)17-7-4-3-5-8-17)29(25,26)18-12-10-16(11-13-18)20(21)22/h3-15H,1-2H3/b14-6+,19-9-/t15-/m1/s1. The summed E-state index contributed by atoms with van der Waals surface area (Å²) >= 11 is 0. The first-order valence-electron chi connectivity index (χ1n) is 8.30. The van der Waals surface area contributed by atoms with Crippen molar-refractivity contribution in [3.63, 3.8) is 0 Å². The van der Waals surface area contributed by atoms with Crippen molar-refractivity contribution >= 4 is 25.4 Å². The molecule has 8 nitrogen and oxygen atoms in total. The third-order valence-corrected chi connectivity index (χ3v) is 7.44. The maximum absolute atomic E-state index is 12.9. The van der Waals surface area contributed by atoms with Crippen molar-refractivity contribution in [3.05, 3.63) is 87.2 Å². The number of allylic oxidation sites excluding steroid dienone is 2. The van der Waals surface area contributed by atoms with E-state index in [9.17, 15) is 26.9 Å². The Kier molecular flexibility index (Phi) is 7.07. The van der Waals surface area contributed by atoms with Crippen molar-refractivity contribution in [2.75, 3.05) is 7.11 Å². The Bertz CT molecular complexity index is 1130. The molecule has 0 unspecified atom stereocenters. The molecule has 0 amide bonds. The van der Waals surface area contributed by atoms with Gasteiger partial charge >= 0.3 is 0 Å². The fraction of sp³-hybridized carbons (Fsp3) is 0.158. The van der Waals surface area contributed by atoms with Gasteiger partial charge in [-0.3, -0.25) is 10.1 Å². The fourth-order valence-corrected chi connectivity index (χ4v) is 4.91. The second-order valence-corrected chi connectivity index (χ2v) is 9.67. The second-order valence-electron chi connectivity index (χ2n) is 5.89. The summed E-state index contributed by atoms with van der Waals surface area (Å²) < 4.78 is 55.6. The lowest BCUT2D eigenvalue weighted by Gasteiger charge is -2.14. The van der Waals surface area contributed by atoms with Gasteiger partial charge in [-0.05, 0) is 43.3 Å². The van der Waals surface area contributed by atoms with Crippen LogP contribution in [0.15, 0.2) is 86.9 Å². The zero-order valence-corrected chi connectivity index (χ0v) is 17.3. The van der Waals surface area contributed by atoms with E-state index in [-0.39, 0.29) is 20.4 Å². The molecule has 0 saturated carbocycles. The molecule has 1 atom stereocenters. The van der Waals surface area contributed by atoms with Crippen LogP contribution in [0.5, 0.6) is 0 Å². The van der Waals surface area contributed by atoms with E-state index in [4.69, 9.17) is 4.74 Å². The van der Waals surface area contributed by atoms with Gasteiger partial charge in [0.2, 0.25) is 9.84 Å². The molecule has 2 aromatic rings. The number of nitro benzene ring substituents is 1. The van der Waals surface area contributed by atoms with Gasteiger partial charge in [0.05, 0.1) is 25.7 Å². The first-order chi connectivity index (χ1) is 13.6. The first kappa shape index (κ1) is 22.5. The van der Waals surface area contributed by atoms with Crippen LogP contribution in [0.3, 0.4) is 0 Å². The molecule has 154 valence electrons. The van der Waals surface area contributed by atoms with Gasteiger partial charge in [0.15, 0.2) is 9.84 Å². The van der Waals surface area contributed by atoms with Crippen molar-refractivity contribution in [3.8, 4) is 0 Å². The molecule has 0 saturated heterocycles. The van der Waals surface area contributed by atoms with E-state index in [0.29, 0.717) is 0 Å². The third-order valence-electron chi connectivity index (χ3n) is 4.01. The highest BCUT2D eigenvalue weighted by molar-refractivity contribution is 7.95. The molecule has 10 heteroatoms. The molecule has 0 aromatic heterocycles. The average Bonchev–Trinajstić information content (AvgIpc) is 2.71. The lowest BCUT2D eigenvalue weighted by molar-refractivity contribution is -0.384. The molecule has 2 aromatic carbocycles. The zero-order valence-electron chi connectivity index (χ0n) is 15.6. The normalized spacial score (nSPS) is 14.1. The van der Waals surface area contributed by atoms with Crippen molar-refractivity contribution in [2.45, 2.75) is 22.8 Å². The monoisotopic (exact) mass is 437 g/mol. The van der Waals surface area contributed by atoms with Gasteiger partial charge in [0.1, 0.15) is 0 Å².